The van der Waals surface area contributed by atoms with Gasteiger partial charge >= 0.3 is 0 Å². The van der Waals surface area contributed by atoms with Gasteiger partial charge in [0.25, 0.3) is 0 Å². The number of ketones is 1. The average molecular weight is 398 g/mol. The summed E-state index contributed by atoms with van der Waals surface area (Å²) < 4.78 is 16.6. The molecule has 29 heavy (non-hydrogen) atoms. The van der Waals surface area contributed by atoms with E-state index in [0.29, 0.717) is 24.7 Å². The summed E-state index contributed by atoms with van der Waals surface area (Å²) in [6.07, 6.45) is 6.89. The van der Waals surface area contributed by atoms with E-state index < -0.39 is 0 Å². The number of ether oxygens (including phenoxy) is 3. The largest absolute Gasteiger partial charge is 0.507 e. The lowest BCUT2D eigenvalue weighted by Gasteiger charge is -2.14. The molecule has 0 aliphatic carbocycles. The predicted octanol–water partition coefficient (Wildman–Crippen LogP) is 5.65. The van der Waals surface area contributed by atoms with Crippen LogP contribution in [-0.4, -0.2) is 31.2 Å². The summed E-state index contributed by atoms with van der Waals surface area (Å²) in [5, 5.41) is 10.5. The van der Waals surface area contributed by atoms with Gasteiger partial charge in [0, 0.05) is 12.1 Å². The molecule has 2 aromatic carbocycles. The zero-order valence-electron chi connectivity index (χ0n) is 17.4. The van der Waals surface area contributed by atoms with E-state index >= 15 is 0 Å². The standard InChI is InChI=1S/C24H30O5/c1-4-6-14-28-20-16-22(26)24(23(17-20)29-15-7-5-2)21(25)13-10-18-8-11-19(27-3)12-9-18/h8-13,16-17,26H,4-7,14-15H2,1-3H3/b13-10+. The monoisotopic (exact) mass is 398 g/mol. The van der Waals surface area contributed by atoms with Gasteiger partial charge in [-0.2, -0.15) is 0 Å². The molecule has 0 aliphatic heterocycles. The van der Waals surface area contributed by atoms with Crippen molar-refractivity contribution in [3.05, 3.63) is 53.6 Å². The third kappa shape index (κ3) is 6.86. The number of unbranched alkanes of at least 4 members (excludes halogenated alkanes) is 2. The smallest absolute Gasteiger partial charge is 0.193 e. The molecule has 0 amide bonds. The Morgan fingerprint density at radius 2 is 1.62 bits per heavy atom. The summed E-state index contributed by atoms with van der Waals surface area (Å²) in [7, 11) is 1.60. The summed E-state index contributed by atoms with van der Waals surface area (Å²) in [5.74, 6) is 1.11. The molecule has 0 atom stereocenters. The minimum absolute atomic E-state index is 0.144. The van der Waals surface area contributed by atoms with Crippen molar-refractivity contribution in [1.29, 1.82) is 0 Å². The number of carbonyl (C=O) groups excluding carboxylic acids is 1. The van der Waals surface area contributed by atoms with Gasteiger partial charge in [0.1, 0.15) is 28.6 Å². The fraction of sp³-hybridized carbons (Fsp3) is 0.375. The highest BCUT2D eigenvalue weighted by atomic mass is 16.5. The van der Waals surface area contributed by atoms with Gasteiger partial charge in [-0.05, 0) is 36.6 Å². The molecule has 2 rings (SSSR count). The first-order valence-electron chi connectivity index (χ1n) is 10.1. The van der Waals surface area contributed by atoms with Gasteiger partial charge in [-0.25, -0.2) is 0 Å². The van der Waals surface area contributed by atoms with Crippen molar-refractivity contribution in [2.24, 2.45) is 0 Å². The number of allylic oxidation sites excluding steroid dienone is 1. The molecule has 5 heteroatoms. The molecule has 0 aliphatic rings. The minimum Gasteiger partial charge on any atom is -0.507 e. The third-order valence-corrected chi connectivity index (χ3v) is 4.37. The number of aromatic hydroxyl groups is 1. The molecule has 1 N–H and O–H groups in total. The van der Waals surface area contributed by atoms with Crippen LogP contribution in [0.4, 0.5) is 0 Å². The van der Waals surface area contributed by atoms with Crippen LogP contribution >= 0.6 is 0 Å². The molecule has 5 nitrogen and oxygen atoms in total. The summed E-state index contributed by atoms with van der Waals surface area (Å²) in [6, 6.07) is 10.5. The van der Waals surface area contributed by atoms with E-state index in [9.17, 15) is 9.90 Å². The second-order valence-electron chi connectivity index (χ2n) is 6.69. The van der Waals surface area contributed by atoms with E-state index in [1.807, 2.05) is 24.3 Å². The molecule has 0 fully saturated rings. The maximum atomic E-state index is 12.8. The Morgan fingerprint density at radius 3 is 2.24 bits per heavy atom. The number of phenols is 1. The van der Waals surface area contributed by atoms with Crippen LogP contribution in [0.15, 0.2) is 42.5 Å². The maximum absolute atomic E-state index is 12.8. The van der Waals surface area contributed by atoms with Gasteiger partial charge < -0.3 is 19.3 Å². The Balaban J connectivity index is 2.24. The van der Waals surface area contributed by atoms with Crippen LogP contribution in [-0.2, 0) is 0 Å². The molecule has 0 radical (unpaired) electrons. The fourth-order valence-corrected chi connectivity index (χ4v) is 2.65. The Hall–Kier alpha value is -2.95. The van der Waals surface area contributed by atoms with Crippen LogP contribution < -0.4 is 14.2 Å². The number of hydrogen-bond acceptors (Lipinski definition) is 5. The number of rotatable bonds is 12. The van der Waals surface area contributed by atoms with Gasteiger partial charge in [-0.1, -0.05) is 44.9 Å². The van der Waals surface area contributed by atoms with Gasteiger partial charge in [0.2, 0.25) is 0 Å². The molecule has 0 spiro atoms. The normalized spacial score (nSPS) is 10.9. The molecule has 0 unspecified atom stereocenters. The first kappa shape index (κ1) is 22.3. The van der Waals surface area contributed by atoms with E-state index in [2.05, 4.69) is 13.8 Å². The van der Waals surface area contributed by atoms with Gasteiger partial charge in [-0.3, -0.25) is 4.79 Å². The summed E-state index contributed by atoms with van der Waals surface area (Å²) in [5.41, 5.74) is 1.00. The molecular weight excluding hydrogens is 368 g/mol. The van der Waals surface area contributed by atoms with Crippen LogP contribution in [0, 0.1) is 0 Å². The topological polar surface area (TPSA) is 65.0 Å². The van der Waals surface area contributed by atoms with Gasteiger partial charge in [-0.15, -0.1) is 0 Å². The Morgan fingerprint density at radius 1 is 0.966 bits per heavy atom. The maximum Gasteiger partial charge on any atom is 0.193 e. The molecule has 0 saturated carbocycles. The van der Waals surface area contributed by atoms with Crippen molar-refractivity contribution >= 4 is 11.9 Å². The molecule has 0 saturated heterocycles. The zero-order valence-corrected chi connectivity index (χ0v) is 17.4. The summed E-state index contributed by atoms with van der Waals surface area (Å²) >= 11 is 0. The van der Waals surface area contributed by atoms with Crippen molar-refractivity contribution in [1.82, 2.24) is 0 Å². The van der Waals surface area contributed by atoms with Crippen molar-refractivity contribution < 1.29 is 24.1 Å². The van der Waals surface area contributed by atoms with E-state index in [1.165, 1.54) is 12.1 Å². The van der Waals surface area contributed by atoms with Crippen LogP contribution in [0.5, 0.6) is 23.0 Å². The number of carbonyl (C=O) groups is 1. The average Bonchev–Trinajstić information content (AvgIpc) is 2.72. The number of hydrogen-bond donors (Lipinski definition) is 1. The molecule has 2 aromatic rings. The molecular formula is C24H30O5. The van der Waals surface area contributed by atoms with Crippen LogP contribution in [0.25, 0.3) is 6.08 Å². The molecule has 156 valence electrons. The quantitative estimate of drug-likeness (QED) is 0.284. The first-order valence-corrected chi connectivity index (χ1v) is 10.1. The lowest BCUT2D eigenvalue weighted by atomic mass is 10.1. The Labute approximate surface area is 172 Å². The third-order valence-electron chi connectivity index (χ3n) is 4.37. The highest BCUT2D eigenvalue weighted by Gasteiger charge is 2.18. The summed E-state index contributed by atoms with van der Waals surface area (Å²) in [4.78, 5) is 12.8. The van der Waals surface area contributed by atoms with E-state index in [0.717, 1.165) is 37.0 Å². The number of phenolic OH excluding ortho intramolecular Hbond substituents is 1. The number of benzene rings is 2. The Kier molecular flexibility index (Phi) is 9.09. The van der Waals surface area contributed by atoms with E-state index in [4.69, 9.17) is 14.2 Å². The van der Waals surface area contributed by atoms with Crippen molar-refractivity contribution in [3.8, 4) is 23.0 Å². The molecule has 0 aromatic heterocycles. The lowest BCUT2D eigenvalue weighted by Crippen LogP contribution is -2.05. The van der Waals surface area contributed by atoms with Gasteiger partial charge in [0.15, 0.2) is 5.78 Å². The number of methoxy groups -OCH3 is 1. The lowest BCUT2D eigenvalue weighted by molar-refractivity contribution is 0.104. The van der Waals surface area contributed by atoms with Crippen molar-refractivity contribution in [3.63, 3.8) is 0 Å². The van der Waals surface area contributed by atoms with Crippen molar-refractivity contribution in [2.45, 2.75) is 39.5 Å². The van der Waals surface area contributed by atoms with Crippen LogP contribution in [0.3, 0.4) is 0 Å². The molecule has 0 bridgehead atoms. The minimum atomic E-state index is -0.329. The second kappa shape index (κ2) is 11.8. The molecule has 0 heterocycles. The van der Waals surface area contributed by atoms with Gasteiger partial charge in [0.05, 0.1) is 20.3 Å². The first-order chi connectivity index (χ1) is 14.1. The van der Waals surface area contributed by atoms with Crippen LogP contribution in [0.1, 0.15) is 55.5 Å². The fourth-order valence-electron chi connectivity index (χ4n) is 2.65. The Bertz CT molecular complexity index is 809. The summed E-state index contributed by atoms with van der Waals surface area (Å²) in [6.45, 7) is 5.16. The zero-order chi connectivity index (χ0) is 21.1. The predicted molar refractivity (Wildman–Crippen MR) is 115 cm³/mol. The van der Waals surface area contributed by atoms with Crippen LogP contribution in [0.2, 0.25) is 0 Å². The second-order valence-corrected chi connectivity index (χ2v) is 6.69. The van der Waals surface area contributed by atoms with E-state index in [1.54, 1.807) is 19.3 Å². The van der Waals surface area contributed by atoms with E-state index in [-0.39, 0.29) is 17.1 Å². The van der Waals surface area contributed by atoms with Crippen molar-refractivity contribution in [2.75, 3.05) is 20.3 Å². The highest BCUT2D eigenvalue weighted by Crippen LogP contribution is 2.34. The SMILES string of the molecule is CCCCOc1cc(O)c(C(=O)/C=C/c2ccc(OC)cc2)c(OCCCC)c1. The highest BCUT2D eigenvalue weighted by molar-refractivity contribution is 6.10.